The molecule has 0 spiro atoms. The van der Waals surface area contributed by atoms with Gasteiger partial charge in [-0.15, -0.1) is 0 Å². The summed E-state index contributed by atoms with van der Waals surface area (Å²) in [7, 11) is 0. The van der Waals surface area contributed by atoms with Crippen LogP contribution >= 0.6 is 0 Å². The summed E-state index contributed by atoms with van der Waals surface area (Å²) in [5.74, 6) is -0.275. The van der Waals surface area contributed by atoms with Gasteiger partial charge in [0.2, 0.25) is 5.91 Å². The van der Waals surface area contributed by atoms with Crippen molar-refractivity contribution in [3.05, 3.63) is 84.1 Å². The predicted octanol–water partition coefficient (Wildman–Crippen LogP) is 3.70. The Hall–Kier alpha value is -3.34. The van der Waals surface area contributed by atoms with Gasteiger partial charge in [-0.2, -0.15) is 0 Å². The molecular weight excluding hydrogens is 336 g/mol. The summed E-state index contributed by atoms with van der Waals surface area (Å²) < 4.78 is 0. The zero-order valence-electron chi connectivity index (χ0n) is 15.3. The molecule has 2 rings (SSSR count). The van der Waals surface area contributed by atoms with E-state index in [0.29, 0.717) is 16.9 Å². The van der Waals surface area contributed by atoms with Crippen LogP contribution in [0.1, 0.15) is 18.4 Å². The number of hydrogen-bond donors (Lipinski definition) is 3. The van der Waals surface area contributed by atoms with E-state index in [0.717, 1.165) is 25.8 Å². The van der Waals surface area contributed by atoms with Crippen molar-refractivity contribution < 1.29 is 4.79 Å². The van der Waals surface area contributed by atoms with E-state index in [1.807, 2.05) is 18.2 Å². The topological polar surface area (TPSA) is 93.5 Å². The van der Waals surface area contributed by atoms with Crippen LogP contribution < -0.4 is 16.8 Å². The molecule has 0 aromatic heterocycles. The number of benzene rings is 2. The highest BCUT2D eigenvalue weighted by molar-refractivity contribution is 6.02. The third-order valence-corrected chi connectivity index (χ3v) is 3.92. The molecule has 0 radical (unpaired) electrons. The highest BCUT2D eigenvalue weighted by Gasteiger charge is 2.00. The Morgan fingerprint density at radius 2 is 1.74 bits per heavy atom. The molecule has 0 aliphatic heterocycles. The number of para-hydroxylation sites is 2. The lowest BCUT2D eigenvalue weighted by Gasteiger charge is -2.04. The molecule has 2 aromatic carbocycles. The van der Waals surface area contributed by atoms with Gasteiger partial charge < -0.3 is 16.8 Å². The minimum Gasteiger partial charge on any atom is -0.404 e. The van der Waals surface area contributed by atoms with E-state index in [1.54, 1.807) is 24.4 Å². The van der Waals surface area contributed by atoms with E-state index in [-0.39, 0.29) is 5.91 Å². The quantitative estimate of drug-likeness (QED) is 0.209. The van der Waals surface area contributed by atoms with E-state index in [2.05, 4.69) is 34.6 Å². The Morgan fingerprint density at radius 3 is 2.48 bits per heavy atom. The van der Waals surface area contributed by atoms with Gasteiger partial charge in [0, 0.05) is 30.6 Å². The second-order valence-corrected chi connectivity index (χ2v) is 6.05. The molecule has 0 saturated carbocycles. The smallest absolute Gasteiger partial charge is 0.248 e. The number of carbonyl (C=O) groups excluding carboxylic acids is 1. The Morgan fingerprint density at radius 1 is 1.00 bits per heavy atom. The second kappa shape index (κ2) is 11.3. The van der Waals surface area contributed by atoms with E-state index in [4.69, 9.17) is 11.5 Å². The SMILES string of the molecule is NC=C(C=NCCCCc1ccccc1)/C=C/C(=O)Nc1ccccc1N. The first kappa shape index (κ1) is 20.0. The molecule has 2 aromatic rings. The largest absolute Gasteiger partial charge is 0.404 e. The molecule has 1 amide bonds. The fourth-order valence-corrected chi connectivity index (χ4v) is 2.45. The van der Waals surface area contributed by atoms with Crippen LogP contribution in [0.5, 0.6) is 0 Å². The van der Waals surface area contributed by atoms with Crippen molar-refractivity contribution in [2.24, 2.45) is 10.7 Å². The van der Waals surface area contributed by atoms with Crippen molar-refractivity contribution in [3.8, 4) is 0 Å². The first-order chi connectivity index (χ1) is 13.2. The summed E-state index contributed by atoms with van der Waals surface area (Å²) in [6.45, 7) is 0.727. The van der Waals surface area contributed by atoms with Gasteiger partial charge in [0.1, 0.15) is 0 Å². The number of rotatable bonds is 9. The molecule has 0 saturated heterocycles. The van der Waals surface area contributed by atoms with Crippen molar-refractivity contribution in [3.63, 3.8) is 0 Å². The molecule has 140 valence electrons. The van der Waals surface area contributed by atoms with Crippen molar-refractivity contribution >= 4 is 23.5 Å². The zero-order chi connectivity index (χ0) is 19.3. The molecule has 5 nitrogen and oxygen atoms in total. The van der Waals surface area contributed by atoms with Gasteiger partial charge in [0.25, 0.3) is 0 Å². The van der Waals surface area contributed by atoms with Crippen LogP contribution in [-0.2, 0) is 11.2 Å². The van der Waals surface area contributed by atoms with Gasteiger partial charge in [-0.05, 0) is 43.0 Å². The molecule has 0 unspecified atom stereocenters. The van der Waals surface area contributed by atoms with Gasteiger partial charge in [-0.1, -0.05) is 42.5 Å². The molecule has 0 bridgehead atoms. The molecule has 27 heavy (non-hydrogen) atoms. The lowest BCUT2D eigenvalue weighted by atomic mass is 10.1. The first-order valence-electron chi connectivity index (χ1n) is 8.98. The number of nitrogens with two attached hydrogens (primary N) is 2. The molecule has 0 aliphatic rings. The highest BCUT2D eigenvalue weighted by Crippen LogP contribution is 2.16. The fraction of sp³-hybridized carbons (Fsp3) is 0.182. The average molecular weight is 362 g/mol. The Balaban J connectivity index is 1.72. The Kier molecular flexibility index (Phi) is 8.37. The number of nitrogen functional groups attached to an aromatic ring is 1. The maximum atomic E-state index is 12.0. The minimum atomic E-state index is -0.275. The number of unbranched alkanes of at least 4 members (excludes halogenated alkanes) is 1. The van der Waals surface area contributed by atoms with Crippen LogP contribution in [-0.4, -0.2) is 18.7 Å². The van der Waals surface area contributed by atoms with Crippen molar-refractivity contribution in [1.29, 1.82) is 0 Å². The van der Waals surface area contributed by atoms with E-state index < -0.39 is 0 Å². The summed E-state index contributed by atoms with van der Waals surface area (Å²) in [6.07, 6.45) is 9.28. The van der Waals surface area contributed by atoms with Gasteiger partial charge in [-0.3, -0.25) is 9.79 Å². The molecular formula is C22H26N4O. The maximum absolute atomic E-state index is 12.0. The number of hydrogen-bond acceptors (Lipinski definition) is 4. The molecule has 5 N–H and O–H groups in total. The van der Waals surface area contributed by atoms with Crippen molar-refractivity contribution in [2.45, 2.75) is 19.3 Å². The third kappa shape index (κ3) is 7.61. The molecule has 0 fully saturated rings. The summed E-state index contributed by atoms with van der Waals surface area (Å²) in [4.78, 5) is 16.3. The highest BCUT2D eigenvalue weighted by atomic mass is 16.1. The number of nitrogens with one attached hydrogen (secondary N) is 1. The summed E-state index contributed by atoms with van der Waals surface area (Å²) in [5, 5.41) is 2.73. The first-order valence-corrected chi connectivity index (χ1v) is 8.98. The normalized spacial score (nSPS) is 11.9. The van der Waals surface area contributed by atoms with Crippen molar-refractivity contribution in [2.75, 3.05) is 17.6 Å². The maximum Gasteiger partial charge on any atom is 0.248 e. The fourth-order valence-electron chi connectivity index (χ4n) is 2.45. The van der Waals surface area contributed by atoms with Crippen LogP contribution in [0.4, 0.5) is 11.4 Å². The standard InChI is InChI=1S/C22H26N4O/c23-16-19(13-14-22(27)26-21-12-5-4-11-20(21)24)17-25-15-7-6-10-18-8-2-1-3-9-18/h1-5,8-9,11-14,16-17H,6-7,10,15,23-24H2,(H,26,27)/b14-13+,19-16?,25-17?. The minimum absolute atomic E-state index is 0.275. The number of amides is 1. The van der Waals surface area contributed by atoms with Crippen LogP contribution in [0.15, 0.2) is 83.5 Å². The summed E-state index contributed by atoms with van der Waals surface area (Å²) in [5.41, 5.74) is 14.5. The number of aryl methyl sites for hydroxylation is 1. The molecule has 5 heteroatoms. The van der Waals surface area contributed by atoms with Crippen LogP contribution in [0.3, 0.4) is 0 Å². The monoisotopic (exact) mass is 362 g/mol. The predicted molar refractivity (Wildman–Crippen MR) is 114 cm³/mol. The lowest BCUT2D eigenvalue weighted by molar-refractivity contribution is -0.111. The Bertz CT molecular complexity index is 810. The lowest BCUT2D eigenvalue weighted by Crippen LogP contribution is -2.09. The number of aliphatic imine (C=N–C) groups is 1. The number of allylic oxidation sites excluding steroid dienone is 2. The van der Waals surface area contributed by atoms with Gasteiger partial charge >= 0.3 is 0 Å². The second-order valence-electron chi connectivity index (χ2n) is 6.05. The van der Waals surface area contributed by atoms with E-state index in [1.165, 1.54) is 17.8 Å². The Labute approximate surface area is 160 Å². The van der Waals surface area contributed by atoms with Gasteiger partial charge in [0.15, 0.2) is 0 Å². The number of carbonyl (C=O) groups is 1. The summed E-state index contributed by atoms with van der Waals surface area (Å²) in [6, 6.07) is 17.5. The van der Waals surface area contributed by atoms with Crippen LogP contribution in [0.25, 0.3) is 0 Å². The van der Waals surface area contributed by atoms with Crippen LogP contribution in [0.2, 0.25) is 0 Å². The van der Waals surface area contributed by atoms with Gasteiger partial charge in [-0.25, -0.2) is 0 Å². The van der Waals surface area contributed by atoms with Gasteiger partial charge in [0.05, 0.1) is 11.4 Å². The van der Waals surface area contributed by atoms with Crippen molar-refractivity contribution in [1.82, 2.24) is 0 Å². The third-order valence-electron chi connectivity index (χ3n) is 3.92. The average Bonchev–Trinajstić information content (AvgIpc) is 2.69. The number of anilines is 2. The summed E-state index contributed by atoms with van der Waals surface area (Å²) >= 11 is 0. The number of nitrogens with zero attached hydrogens (tertiary/aromatic N) is 1. The molecule has 0 atom stereocenters. The van der Waals surface area contributed by atoms with Crippen LogP contribution in [0, 0.1) is 0 Å². The molecule has 0 heterocycles. The molecule has 0 aliphatic carbocycles. The van der Waals surface area contributed by atoms with E-state index >= 15 is 0 Å². The van der Waals surface area contributed by atoms with E-state index in [9.17, 15) is 4.79 Å². The zero-order valence-corrected chi connectivity index (χ0v) is 15.3.